The summed E-state index contributed by atoms with van der Waals surface area (Å²) in [6.45, 7) is 9.08. The molecule has 212 valence electrons. The van der Waals surface area contributed by atoms with Gasteiger partial charge in [0.05, 0.1) is 19.3 Å². The predicted molar refractivity (Wildman–Crippen MR) is 142 cm³/mol. The monoisotopic (exact) mass is 533 g/mol. The van der Waals surface area contributed by atoms with E-state index in [4.69, 9.17) is 9.47 Å². The second-order valence-corrected chi connectivity index (χ2v) is 11.3. The minimum absolute atomic E-state index is 0.0242. The van der Waals surface area contributed by atoms with Gasteiger partial charge in [0, 0.05) is 12.8 Å². The van der Waals surface area contributed by atoms with Crippen molar-refractivity contribution >= 4 is 23.9 Å². The van der Waals surface area contributed by atoms with E-state index in [0.717, 1.165) is 5.56 Å². The molecular formula is C28H43N3O7. The van der Waals surface area contributed by atoms with Crippen LogP contribution in [0.2, 0.25) is 0 Å². The molecule has 0 bridgehead atoms. The quantitative estimate of drug-likeness (QED) is 0.320. The number of benzene rings is 1. The molecule has 0 aromatic heterocycles. The zero-order valence-electron chi connectivity index (χ0n) is 23.3. The lowest BCUT2D eigenvalue weighted by atomic mass is 9.96. The van der Waals surface area contributed by atoms with Crippen LogP contribution in [0, 0.1) is 11.8 Å². The van der Waals surface area contributed by atoms with E-state index >= 15 is 0 Å². The molecule has 1 fully saturated rings. The van der Waals surface area contributed by atoms with Crippen molar-refractivity contribution in [2.75, 3.05) is 7.11 Å². The van der Waals surface area contributed by atoms with Gasteiger partial charge >= 0.3 is 12.1 Å². The van der Waals surface area contributed by atoms with E-state index in [1.54, 1.807) is 20.8 Å². The molecule has 0 saturated heterocycles. The Balaban J connectivity index is 2.11. The third kappa shape index (κ3) is 10.3. The molecule has 0 radical (unpaired) electrons. The van der Waals surface area contributed by atoms with Crippen LogP contribution in [0.4, 0.5) is 4.79 Å². The number of carbonyl (C=O) groups excluding carboxylic acids is 4. The summed E-state index contributed by atoms with van der Waals surface area (Å²) in [6, 6.07) is 6.84. The van der Waals surface area contributed by atoms with Crippen molar-refractivity contribution in [3.05, 3.63) is 35.9 Å². The van der Waals surface area contributed by atoms with Gasteiger partial charge in [0.2, 0.25) is 11.8 Å². The minimum atomic E-state index is -0.954. The van der Waals surface area contributed by atoms with Crippen LogP contribution in [-0.2, 0) is 30.3 Å². The topological polar surface area (TPSA) is 143 Å². The number of esters is 1. The van der Waals surface area contributed by atoms with E-state index in [2.05, 4.69) is 16.0 Å². The van der Waals surface area contributed by atoms with E-state index in [1.165, 1.54) is 7.11 Å². The van der Waals surface area contributed by atoms with Crippen LogP contribution in [-0.4, -0.2) is 65.9 Å². The molecule has 0 unspecified atom stereocenters. The number of nitrogens with one attached hydrogen (secondary N) is 3. The molecule has 10 heteroatoms. The number of amides is 3. The normalized spacial score (nSPS) is 20.8. The molecule has 38 heavy (non-hydrogen) atoms. The molecule has 2 rings (SSSR count). The standard InChI is InChI=1S/C28H43N3O7/c1-17(2)14-21(26(35)37-6)29-23(33)16-19-12-13-22(32)24(19)31-25(34)20(15-18-10-8-7-9-11-18)30-27(36)38-28(3,4)5/h7-11,17,19-22,24,32H,12-16H2,1-6H3,(H,29,33)(H,30,36)(H,31,34)/t19-,20+,21+,22+,24+/m1/s1. The fourth-order valence-corrected chi connectivity index (χ4v) is 4.59. The fraction of sp³-hybridized carbons (Fsp3) is 0.643. The Hall–Kier alpha value is -3.14. The van der Waals surface area contributed by atoms with Gasteiger partial charge in [0.1, 0.15) is 17.7 Å². The maximum Gasteiger partial charge on any atom is 0.408 e. The van der Waals surface area contributed by atoms with Crippen LogP contribution >= 0.6 is 0 Å². The Morgan fingerprint density at radius 3 is 2.26 bits per heavy atom. The van der Waals surface area contributed by atoms with Crippen LogP contribution in [0.3, 0.4) is 0 Å². The van der Waals surface area contributed by atoms with E-state index < -0.39 is 47.8 Å². The third-order valence-electron chi connectivity index (χ3n) is 6.33. The first-order valence-electron chi connectivity index (χ1n) is 13.2. The molecule has 1 saturated carbocycles. The van der Waals surface area contributed by atoms with Gasteiger partial charge in [-0.25, -0.2) is 9.59 Å². The van der Waals surface area contributed by atoms with E-state index in [-0.39, 0.29) is 30.6 Å². The second-order valence-electron chi connectivity index (χ2n) is 11.3. The first-order chi connectivity index (χ1) is 17.8. The molecular weight excluding hydrogens is 490 g/mol. The number of hydrogen-bond acceptors (Lipinski definition) is 7. The summed E-state index contributed by atoms with van der Waals surface area (Å²) >= 11 is 0. The molecule has 0 aliphatic heterocycles. The Labute approximate surface area is 225 Å². The molecule has 1 aromatic rings. The van der Waals surface area contributed by atoms with Crippen molar-refractivity contribution in [2.45, 2.75) is 96.6 Å². The summed E-state index contributed by atoms with van der Waals surface area (Å²) in [5, 5.41) is 18.9. The van der Waals surface area contributed by atoms with Gasteiger partial charge in [-0.3, -0.25) is 9.59 Å². The number of alkyl carbamates (subject to hydrolysis) is 1. The summed E-state index contributed by atoms with van der Waals surface area (Å²) in [5.74, 6) is -1.53. The van der Waals surface area contributed by atoms with Crippen molar-refractivity contribution in [3.63, 3.8) is 0 Å². The average Bonchev–Trinajstić information content (AvgIpc) is 3.15. The fourth-order valence-electron chi connectivity index (χ4n) is 4.59. The Bertz CT molecular complexity index is 946. The Morgan fingerprint density at radius 1 is 1.03 bits per heavy atom. The molecule has 1 aliphatic carbocycles. The number of ether oxygens (including phenoxy) is 2. The first kappa shape index (κ1) is 31.1. The molecule has 10 nitrogen and oxygen atoms in total. The van der Waals surface area contributed by atoms with Crippen molar-refractivity contribution in [2.24, 2.45) is 11.8 Å². The van der Waals surface area contributed by atoms with Crippen LogP contribution in [0.1, 0.15) is 65.9 Å². The number of rotatable bonds is 11. The highest BCUT2D eigenvalue weighted by Gasteiger charge is 2.39. The molecule has 1 aromatic carbocycles. The van der Waals surface area contributed by atoms with Gasteiger partial charge in [-0.15, -0.1) is 0 Å². The molecule has 0 spiro atoms. The second kappa shape index (κ2) is 14.1. The Morgan fingerprint density at radius 2 is 1.68 bits per heavy atom. The lowest BCUT2D eigenvalue weighted by Gasteiger charge is -2.28. The maximum absolute atomic E-state index is 13.4. The number of methoxy groups -OCH3 is 1. The first-order valence-corrected chi connectivity index (χ1v) is 13.2. The van der Waals surface area contributed by atoms with Crippen LogP contribution in [0.15, 0.2) is 30.3 Å². The van der Waals surface area contributed by atoms with Crippen LogP contribution < -0.4 is 16.0 Å². The average molecular weight is 534 g/mol. The molecule has 5 atom stereocenters. The van der Waals surface area contributed by atoms with Crippen LogP contribution in [0.5, 0.6) is 0 Å². The Kier molecular flexibility index (Phi) is 11.6. The van der Waals surface area contributed by atoms with E-state index in [0.29, 0.717) is 19.3 Å². The summed E-state index contributed by atoms with van der Waals surface area (Å²) in [7, 11) is 1.28. The lowest BCUT2D eigenvalue weighted by Crippen LogP contribution is -2.54. The van der Waals surface area contributed by atoms with Gasteiger partial charge in [0.25, 0.3) is 0 Å². The number of hydrogen-bond donors (Lipinski definition) is 4. The van der Waals surface area contributed by atoms with Gasteiger partial charge in [-0.05, 0) is 57.4 Å². The van der Waals surface area contributed by atoms with Gasteiger partial charge in [-0.1, -0.05) is 44.2 Å². The third-order valence-corrected chi connectivity index (χ3v) is 6.33. The summed E-state index contributed by atoms with van der Waals surface area (Å²) < 4.78 is 10.2. The lowest BCUT2D eigenvalue weighted by molar-refractivity contribution is -0.145. The number of aliphatic hydroxyl groups excluding tert-OH is 1. The largest absolute Gasteiger partial charge is 0.467 e. The summed E-state index contributed by atoms with van der Waals surface area (Å²) in [5.41, 5.74) is 0.0980. The molecule has 1 aliphatic rings. The SMILES string of the molecule is COC(=O)[C@H](CC(C)C)NC(=O)C[C@H]1CC[C@H](O)[C@H]1NC(=O)[C@H](Cc1ccccc1)NC(=O)OC(C)(C)C. The smallest absolute Gasteiger partial charge is 0.408 e. The van der Waals surface area contributed by atoms with E-state index in [1.807, 2.05) is 44.2 Å². The molecule has 3 amide bonds. The van der Waals surface area contributed by atoms with Crippen molar-refractivity contribution in [1.29, 1.82) is 0 Å². The number of aliphatic hydroxyl groups is 1. The maximum atomic E-state index is 13.4. The highest BCUT2D eigenvalue weighted by atomic mass is 16.6. The molecule has 4 N–H and O–H groups in total. The van der Waals surface area contributed by atoms with Crippen LogP contribution in [0.25, 0.3) is 0 Å². The highest BCUT2D eigenvalue weighted by Crippen LogP contribution is 2.29. The molecule has 0 heterocycles. The van der Waals surface area contributed by atoms with Gasteiger partial charge in [-0.2, -0.15) is 0 Å². The summed E-state index contributed by atoms with van der Waals surface area (Å²) in [6.07, 6.45) is 0.0433. The van der Waals surface area contributed by atoms with Gasteiger partial charge < -0.3 is 30.5 Å². The van der Waals surface area contributed by atoms with Crippen molar-refractivity contribution in [1.82, 2.24) is 16.0 Å². The van der Waals surface area contributed by atoms with Crippen molar-refractivity contribution in [3.8, 4) is 0 Å². The predicted octanol–water partition coefficient (Wildman–Crippen LogP) is 2.47. The van der Waals surface area contributed by atoms with Crippen molar-refractivity contribution < 1.29 is 33.8 Å². The zero-order chi connectivity index (χ0) is 28.5. The van der Waals surface area contributed by atoms with Gasteiger partial charge in [0.15, 0.2) is 0 Å². The minimum Gasteiger partial charge on any atom is -0.467 e. The number of carbonyl (C=O) groups is 4. The zero-order valence-corrected chi connectivity index (χ0v) is 23.3. The van der Waals surface area contributed by atoms with E-state index in [9.17, 15) is 24.3 Å². The summed E-state index contributed by atoms with van der Waals surface area (Å²) in [4.78, 5) is 50.8. The highest BCUT2D eigenvalue weighted by molar-refractivity contribution is 5.87.